The molecule has 3 aromatic rings. The highest BCUT2D eigenvalue weighted by atomic mass is 79.9. The van der Waals surface area contributed by atoms with Gasteiger partial charge in [0.15, 0.2) is 0 Å². The Morgan fingerprint density at radius 1 is 1.03 bits per heavy atom. The van der Waals surface area contributed by atoms with Gasteiger partial charge in [0.25, 0.3) is 0 Å². The second-order valence-corrected chi connectivity index (χ2v) is 9.63. The highest BCUT2D eigenvalue weighted by Gasteiger charge is 2.13. The molecule has 1 heterocycles. The number of unbranched alkanes of at least 4 members (excludes halogenated alkanes) is 3. The number of methoxy groups -OCH3 is 1. The van der Waals surface area contributed by atoms with Crippen molar-refractivity contribution in [3.05, 3.63) is 58.2 Å². The van der Waals surface area contributed by atoms with Gasteiger partial charge in [0.1, 0.15) is 18.1 Å². The molecule has 2 aromatic carbocycles. The predicted molar refractivity (Wildman–Crippen MR) is 148 cm³/mol. The lowest BCUT2D eigenvalue weighted by Gasteiger charge is -2.14. The van der Waals surface area contributed by atoms with E-state index >= 15 is 0 Å². The topological polar surface area (TPSA) is 49.7 Å². The van der Waals surface area contributed by atoms with Crippen LogP contribution in [0.25, 0.3) is 10.9 Å². The summed E-state index contributed by atoms with van der Waals surface area (Å²) in [5.74, 6) is 1.04. The lowest BCUT2D eigenvalue weighted by Crippen LogP contribution is -2.09. The predicted octanol–water partition coefficient (Wildman–Crippen LogP) is 8.26. The van der Waals surface area contributed by atoms with Gasteiger partial charge in [0, 0.05) is 33.2 Å². The van der Waals surface area contributed by atoms with Gasteiger partial charge < -0.3 is 18.8 Å². The minimum Gasteiger partial charge on any atom is -0.497 e. The van der Waals surface area contributed by atoms with E-state index < -0.39 is 0 Å². The van der Waals surface area contributed by atoms with Gasteiger partial charge in [-0.1, -0.05) is 55.5 Å². The zero-order valence-corrected chi connectivity index (χ0v) is 23.6. The Labute approximate surface area is 218 Å². The van der Waals surface area contributed by atoms with Crippen molar-refractivity contribution in [3.63, 3.8) is 0 Å². The monoisotopic (exact) mass is 545 g/mol. The maximum absolute atomic E-state index is 12.0. The van der Waals surface area contributed by atoms with Gasteiger partial charge in [-0.05, 0) is 62.7 Å². The number of hydrogen-bond acceptors (Lipinski definition) is 4. The first-order valence-electron chi connectivity index (χ1n) is 12.6. The summed E-state index contributed by atoms with van der Waals surface area (Å²) in [6.07, 6.45) is 7.78. The van der Waals surface area contributed by atoms with Crippen LogP contribution in [0, 0.1) is 0 Å². The van der Waals surface area contributed by atoms with Crippen LogP contribution in [0.15, 0.2) is 47.1 Å². The number of carbonyl (C=O) groups is 1. The number of carbonyl (C=O) groups excluding carboxylic acids is 1. The van der Waals surface area contributed by atoms with Crippen molar-refractivity contribution in [2.45, 2.75) is 79.4 Å². The fourth-order valence-corrected chi connectivity index (χ4v) is 4.42. The number of benzene rings is 2. The number of aromatic nitrogens is 1. The average molecular weight is 547 g/mol. The van der Waals surface area contributed by atoms with Crippen LogP contribution >= 0.6 is 15.9 Å². The summed E-state index contributed by atoms with van der Waals surface area (Å²) in [7, 11) is 1.60. The summed E-state index contributed by atoms with van der Waals surface area (Å²) in [6, 6.07) is 12.2. The van der Waals surface area contributed by atoms with Crippen molar-refractivity contribution in [1.82, 2.24) is 4.57 Å². The van der Waals surface area contributed by atoms with Crippen LogP contribution < -0.4 is 9.47 Å². The minimum absolute atomic E-state index is 0.138. The van der Waals surface area contributed by atoms with E-state index in [9.17, 15) is 4.79 Å². The first-order chi connectivity index (χ1) is 16.8. The molecule has 0 unspecified atom stereocenters. The van der Waals surface area contributed by atoms with Gasteiger partial charge >= 0.3 is 5.97 Å². The van der Waals surface area contributed by atoms with E-state index in [2.05, 4.69) is 72.6 Å². The normalized spacial score (nSPS) is 10.7. The molecule has 0 aliphatic rings. The standard InChI is InChI=1S/C23H26BrNO4.C6H14/c1-5-28-23(26)13-17-12-18(27-4)6-7-22(17)29-14-16-10-20(24)19-8-9-25(15(2)3)21(19)11-16;1-3-5-6-4-2/h6-12,15H,5,13-14H2,1-4H3;3-6H2,1-2H3. The molecule has 0 saturated carbocycles. The molecule has 0 saturated heterocycles. The Morgan fingerprint density at radius 3 is 2.34 bits per heavy atom. The number of ether oxygens (including phenoxy) is 3. The molecule has 1 aromatic heterocycles. The van der Waals surface area contributed by atoms with Crippen LogP contribution in [-0.4, -0.2) is 24.3 Å². The van der Waals surface area contributed by atoms with Gasteiger partial charge in [0.05, 0.1) is 20.1 Å². The quantitative estimate of drug-likeness (QED) is 0.179. The van der Waals surface area contributed by atoms with Crippen molar-refractivity contribution in [3.8, 4) is 11.5 Å². The summed E-state index contributed by atoms with van der Waals surface area (Å²) in [5, 5.41) is 1.18. The molecule has 5 nitrogen and oxygen atoms in total. The van der Waals surface area contributed by atoms with Crippen LogP contribution in [0.5, 0.6) is 11.5 Å². The molecule has 0 radical (unpaired) electrons. The van der Waals surface area contributed by atoms with Crippen molar-refractivity contribution in [2.75, 3.05) is 13.7 Å². The van der Waals surface area contributed by atoms with E-state index in [-0.39, 0.29) is 12.4 Å². The number of nitrogens with zero attached hydrogens (tertiary/aromatic N) is 1. The average Bonchev–Trinajstić information content (AvgIpc) is 3.27. The molecule has 0 amide bonds. The molecule has 6 heteroatoms. The Balaban J connectivity index is 0.000000641. The molecule has 0 bridgehead atoms. The summed E-state index contributed by atoms with van der Waals surface area (Å²) in [6.45, 7) is 11.3. The number of halogens is 1. The molecule has 0 aliphatic heterocycles. The molecular formula is C29H40BrNO4. The second-order valence-electron chi connectivity index (χ2n) is 8.78. The third-order valence-corrected chi connectivity index (χ3v) is 6.32. The van der Waals surface area contributed by atoms with E-state index in [0.717, 1.165) is 21.1 Å². The zero-order chi connectivity index (χ0) is 25.8. The Hall–Kier alpha value is -2.47. The zero-order valence-electron chi connectivity index (χ0n) is 22.0. The Kier molecular flexibility index (Phi) is 12.2. The van der Waals surface area contributed by atoms with Crippen LogP contribution in [0.3, 0.4) is 0 Å². The lowest BCUT2D eigenvalue weighted by molar-refractivity contribution is -0.142. The largest absolute Gasteiger partial charge is 0.497 e. The molecule has 3 rings (SSSR count). The number of rotatable bonds is 11. The number of esters is 1. The van der Waals surface area contributed by atoms with Crippen LogP contribution in [0.2, 0.25) is 0 Å². The van der Waals surface area contributed by atoms with Crippen molar-refractivity contribution < 1.29 is 19.0 Å². The molecular weight excluding hydrogens is 506 g/mol. The van der Waals surface area contributed by atoms with Crippen LogP contribution in [-0.2, 0) is 22.6 Å². The van der Waals surface area contributed by atoms with Crippen LogP contribution in [0.4, 0.5) is 0 Å². The van der Waals surface area contributed by atoms with E-state index in [1.807, 2.05) is 18.2 Å². The molecule has 35 heavy (non-hydrogen) atoms. The Morgan fingerprint density at radius 2 is 1.74 bits per heavy atom. The van der Waals surface area contributed by atoms with Gasteiger partial charge in [-0.25, -0.2) is 0 Å². The van der Waals surface area contributed by atoms with Gasteiger partial charge in [0.2, 0.25) is 0 Å². The fourth-order valence-electron chi connectivity index (χ4n) is 3.80. The molecule has 0 spiro atoms. The molecule has 0 fully saturated rings. The summed E-state index contributed by atoms with van der Waals surface area (Å²) in [5.41, 5.74) is 2.95. The van der Waals surface area contributed by atoms with Crippen molar-refractivity contribution in [1.29, 1.82) is 0 Å². The maximum atomic E-state index is 12.0. The third kappa shape index (κ3) is 8.60. The first-order valence-corrected chi connectivity index (χ1v) is 13.4. The minimum atomic E-state index is -0.287. The lowest BCUT2D eigenvalue weighted by atomic mass is 10.1. The summed E-state index contributed by atoms with van der Waals surface area (Å²) >= 11 is 3.67. The molecule has 0 N–H and O–H groups in total. The SMILES string of the molecule is CCCCCC.CCOC(=O)Cc1cc(OC)ccc1OCc1cc(Br)c2ccn(C(C)C)c2c1. The first kappa shape index (κ1) is 28.8. The maximum Gasteiger partial charge on any atom is 0.310 e. The van der Waals surface area contributed by atoms with Gasteiger partial charge in [-0.15, -0.1) is 0 Å². The number of hydrogen-bond donors (Lipinski definition) is 0. The van der Waals surface area contributed by atoms with Gasteiger partial charge in [-0.3, -0.25) is 4.79 Å². The third-order valence-electron chi connectivity index (χ3n) is 5.66. The smallest absolute Gasteiger partial charge is 0.310 e. The Bertz CT molecular complexity index is 1070. The van der Waals surface area contributed by atoms with Crippen molar-refractivity contribution in [2.24, 2.45) is 0 Å². The second kappa shape index (κ2) is 14.8. The summed E-state index contributed by atoms with van der Waals surface area (Å²) in [4.78, 5) is 12.0. The molecule has 0 aliphatic carbocycles. The highest BCUT2D eigenvalue weighted by molar-refractivity contribution is 9.10. The van der Waals surface area contributed by atoms with E-state index in [1.165, 1.54) is 31.1 Å². The summed E-state index contributed by atoms with van der Waals surface area (Å²) < 4.78 is 19.7. The van der Waals surface area contributed by atoms with Gasteiger partial charge in [-0.2, -0.15) is 0 Å². The highest BCUT2D eigenvalue weighted by Crippen LogP contribution is 2.30. The van der Waals surface area contributed by atoms with E-state index in [4.69, 9.17) is 14.2 Å². The molecule has 0 atom stereocenters. The van der Waals surface area contributed by atoms with E-state index in [1.54, 1.807) is 14.0 Å². The van der Waals surface area contributed by atoms with E-state index in [0.29, 0.717) is 30.8 Å². The molecule has 192 valence electrons. The van der Waals surface area contributed by atoms with Crippen molar-refractivity contribution >= 4 is 32.8 Å². The van der Waals surface area contributed by atoms with Crippen LogP contribution in [0.1, 0.15) is 77.5 Å². The number of fused-ring (bicyclic) bond motifs is 1. The fraction of sp³-hybridized carbons (Fsp3) is 0.483.